The van der Waals surface area contributed by atoms with Crippen molar-refractivity contribution >= 4 is 5.97 Å². The van der Waals surface area contributed by atoms with Crippen LogP contribution in [-0.4, -0.2) is 11.6 Å². The molecular weight excluding hydrogens is 224 g/mol. The average Bonchev–Trinajstić information content (AvgIpc) is 2.27. The maximum absolute atomic E-state index is 12.0. The Morgan fingerprint density at radius 3 is 2.39 bits per heavy atom. The summed E-state index contributed by atoms with van der Waals surface area (Å²) in [5.74, 6) is 2.84. The Morgan fingerprint density at radius 2 is 1.89 bits per heavy atom. The molecule has 0 heterocycles. The fourth-order valence-electron chi connectivity index (χ4n) is 5.21. The number of hydrogen-bond acceptors (Lipinski definition) is 2. The number of ether oxygens (including phenoxy) is 1. The van der Waals surface area contributed by atoms with Crippen molar-refractivity contribution in [2.45, 2.75) is 58.0 Å². The van der Waals surface area contributed by atoms with Crippen LogP contribution in [0.25, 0.3) is 0 Å². The van der Waals surface area contributed by atoms with E-state index in [-0.39, 0.29) is 11.6 Å². The summed E-state index contributed by atoms with van der Waals surface area (Å²) in [7, 11) is 0. The van der Waals surface area contributed by atoms with Crippen molar-refractivity contribution in [3.05, 3.63) is 12.2 Å². The van der Waals surface area contributed by atoms with E-state index < -0.39 is 0 Å². The first-order valence-corrected chi connectivity index (χ1v) is 7.43. The lowest BCUT2D eigenvalue weighted by molar-refractivity contribution is -0.205. The minimum absolute atomic E-state index is 0.139. The lowest BCUT2D eigenvalue weighted by Gasteiger charge is -2.60. The van der Waals surface area contributed by atoms with E-state index in [1.165, 1.54) is 19.3 Å². The highest BCUT2D eigenvalue weighted by molar-refractivity contribution is 5.87. The van der Waals surface area contributed by atoms with Crippen molar-refractivity contribution in [2.24, 2.45) is 23.7 Å². The molecule has 0 N–H and O–H groups in total. The average molecular weight is 248 g/mol. The normalized spacial score (nSPS) is 45.0. The van der Waals surface area contributed by atoms with Crippen LogP contribution >= 0.6 is 0 Å². The molecule has 4 bridgehead atoms. The minimum Gasteiger partial charge on any atom is -0.455 e. The fourth-order valence-corrected chi connectivity index (χ4v) is 5.21. The molecule has 4 fully saturated rings. The monoisotopic (exact) mass is 248 g/mol. The van der Waals surface area contributed by atoms with Gasteiger partial charge in [-0.25, -0.2) is 4.79 Å². The van der Waals surface area contributed by atoms with Crippen LogP contribution in [0.1, 0.15) is 52.4 Å². The number of rotatable bonds is 3. The predicted molar refractivity (Wildman–Crippen MR) is 71.0 cm³/mol. The van der Waals surface area contributed by atoms with Crippen LogP contribution in [0.4, 0.5) is 0 Å². The highest BCUT2D eigenvalue weighted by atomic mass is 16.6. The van der Waals surface area contributed by atoms with Gasteiger partial charge in [-0.3, -0.25) is 0 Å². The Morgan fingerprint density at radius 1 is 1.28 bits per heavy atom. The summed E-state index contributed by atoms with van der Waals surface area (Å²) in [6.07, 6.45) is 7.49. The van der Waals surface area contributed by atoms with Crippen LogP contribution in [-0.2, 0) is 9.53 Å². The van der Waals surface area contributed by atoms with E-state index in [2.05, 4.69) is 13.5 Å². The molecule has 0 aliphatic heterocycles. The van der Waals surface area contributed by atoms with Crippen molar-refractivity contribution in [3.63, 3.8) is 0 Å². The third kappa shape index (κ3) is 1.72. The zero-order chi connectivity index (χ0) is 12.9. The Hall–Kier alpha value is -0.790. The summed E-state index contributed by atoms with van der Waals surface area (Å²) in [6.45, 7) is 7.74. The molecule has 0 aromatic rings. The molecule has 0 spiro atoms. The first-order chi connectivity index (χ1) is 8.54. The maximum Gasteiger partial charge on any atom is 0.333 e. The molecule has 4 aliphatic rings. The van der Waals surface area contributed by atoms with Gasteiger partial charge in [0.05, 0.1) is 0 Å². The SMILES string of the molecule is C=C(C)C(=O)OC12CC3CC(CC(C3)C1CC)C2. The number of carbonyl (C=O) groups is 1. The molecule has 100 valence electrons. The summed E-state index contributed by atoms with van der Waals surface area (Å²) in [4.78, 5) is 12.0. The van der Waals surface area contributed by atoms with E-state index in [0.717, 1.165) is 37.0 Å². The van der Waals surface area contributed by atoms with Gasteiger partial charge in [-0.1, -0.05) is 13.5 Å². The Bertz CT molecular complexity index is 371. The van der Waals surface area contributed by atoms with Gasteiger partial charge < -0.3 is 4.74 Å². The summed E-state index contributed by atoms with van der Waals surface area (Å²) in [5, 5.41) is 0. The van der Waals surface area contributed by atoms with Gasteiger partial charge in [0.2, 0.25) is 0 Å². The molecular formula is C16H24O2. The molecule has 4 saturated carbocycles. The molecule has 4 aliphatic carbocycles. The molecule has 0 radical (unpaired) electrons. The van der Waals surface area contributed by atoms with Gasteiger partial charge in [-0.15, -0.1) is 0 Å². The molecule has 4 rings (SSSR count). The molecule has 0 amide bonds. The quantitative estimate of drug-likeness (QED) is 0.562. The number of carbonyl (C=O) groups excluding carboxylic acids is 1. The number of hydrogen-bond donors (Lipinski definition) is 0. The van der Waals surface area contributed by atoms with Crippen molar-refractivity contribution in [2.75, 3.05) is 0 Å². The van der Waals surface area contributed by atoms with Crippen LogP contribution in [0.3, 0.4) is 0 Å². The first-order valence-electron chi connectivity index (χ1n) is 7.43. The molecule has 0 saturated heterocycles. The third-order valence-corrected chi connectivity index (χ3v) is 5.54. The van der Waals surface area contributed by atoms with Gasteiger partial charge in [-0.2, -0.15) is 0 Å². The second-order valence-corrected chi connectivity index (χ2v) is 6.86. The Kier molecular flexibility index (Phi) is 2.80. The Labute approximate surface area is 110 Å². The molecule has 3 atom stereocenters. The summed E-state index contributed by atoms with van der Waals surface area (Å²) in [5.41, 5.74) is 0.403. The van der Waals surface area contributed by atoms with E-state index in [1.807, 2.05) is 0 Å². The van der Waals surface area contributed by atoms with E-state index in [9.17, 15) is 4.79 Å². The van der Waals surface area contributed by atoms with Gasteiger partial charge in [0.1, 0.15) is 5.60 Å². The summed E-state index contributed by atoms with van der Waals surface area (Å²) < 4.78 is 5.98. The van der Waals surface area contributed by atoms with Gasteiger partial charge in [0.15, 0.2) is 0 Å². The van der Waals surface area contributed by atoms with Crippen LogP contribution in [0.2, 0.25) is 0 Å². The highest BCUT2D eigenvalue weighted by Crippen LogP contribution is 2.60. The predicted octanol–water partition coefficient (Wildman–Crippen LogP) is 3.71. The highest BCUT2D eigenvalue weighted by Gasteiger charge is 2.58. The lowest BCUT2D eigenvalue weighted by Crippen LogP contribution is -2.59. The molecule has 2 heteroatoms. The van der Waals surface area contributed by atoms with Crippen molar-refractivity contribution in [1.29, 1.82) is 0 Å². The summed E-state index contributed by atoms with van der Waals surface area (Å²) in [6, 6.07) is 0. The fraction of sp³-hybridized carbons (Fsp3) is 0.812. The van der Waals surface area contributed by atoms with Crippen LogP contribution < -0.4 is 0 Å². The van der Waals surface area contributed by atoms with E-state index in [0.29, 0.717) is 11.5 Å². The van der Waals surface area contributed by atoms with E-state index >= 15 is 0 Å². The zero-order valence-corrected chi connectivity index (χ0v) is 11.6. The van der Waals surface area contributed by atoms with Crippen molar-refractivity contribution < 1.29 is 9.53 Å². The van der Waals surface area contributed by atoms with E-state index in [1.54, 1.807) is 6.92 Å². The molecule has 0 aromatic carbocycles. The van der Waals surface area contributed by atoms with Gasteiger partial charge in [0, 0.05) is 11.5 Å². The molecule has 18 heavy (non-hydrogen) atoms. The smallest absolute Gasteiger partial charge is 0.333 e. The first kappa shape index (κ1) is 12.3. The van der Waals surface area contributed by atoms with Crippen molar-refractivity contribution in [1.82, 2.24) is 0 Å². The van der Waals surface area contributed by atoms with Crippen LogP contribution in [0.15, 0.2) is 12.2 Å². The largest absolute Gasteiger partial charge is 0.455 e. The molecule has 3 unspecified atom stereocenters. The number of esters is 1. The molecule has 2 nitrogen and oxygen atoms in total. The van der Waals surface area contributed by atoms with E-state index in [4.69, 9.17) is 4.74 Å². The Balaban J connectivity index is 1.87. The second-order valence-electron chi connectivity index (χ2n) is 6.86. The third-order valence-electron chi connectivity index (χ3n) is 5.54. The van der Waals surface area contributed by atoms with Crippen LogP contribution in [0.5, 0.6) is 0 Å². The maximum atomic E-state index is 12.0. The minimum atomic E-state index is -0.171. The van der Waals surface area contributed by atoms with Crippen molar-refractivity contribution in [3.8, 4) is 0 Å². The van der Waals surface area contributed by atoms with Gasteiger partial charge >= 0.3 is 5.97 Å². The topological polar surface area (TPSA) is 26.3 Å². The zero-order valence-electron chi connectivity index (χ0n) is 11.6. The van der Waals surface area contributed by atoms with Crippen LogP contribution in [0, 0.1) is 23.7 Å². The van der Waals surface area contributed by atoms with Gasteiger partial charge in [0.25, 0.3) is 0 Å². The summed E-state index contributed by atoms with van der Waals surface area (Å²) >= 11 is 0. The lowest BCUT2D eigenvalue weighted by atomic mass is 9.49. The second kappa shape index (κ2) is 4.11. The molecule has 0 aromatic heterocycles. The van der Waals surface area contributed by atoms with Gasteiger partial charge in [-0.05, 0) is 63.2 Å². The standard InChI is InChI=1S/C16H24O2/c1-4-14-13-6-11-5-12(7-13)9-16(14,8-11)18-15(17)10(2)3/h11-14H,2,4-9H2,1,3H3.